The normalized spacial score (nSPS) is 12.3. The molecule has 1 unspecified atom stereocenters. The second-order valence-corrected chi connectivity index (χ2v) is 3.21. The van der Waals surface area contributed by atoms with Crippen LogP contribution >= 0.6 is 12.6 Å². The zero-order chi connectivity index (χ0) is 9.72. The minimum absolute atomic E-state index is 0.00464. The van der Waals surface area contributed by atoms with Gasteiger partial charge in [-0.3, -0.25) is 9.59 Å². The summed E-state index contributed by atoms with van der Waals surface area (Å²) >= 11 is 3.94. The molecule has 70 valence electrons. The Kier molecular flexibility index (Phi) is 4.97. The van der Waals surface area contributed by atoms with Crippen LogP contribution in [0.3, 0.4) is 0 Å². The number of likely N-dealkylation sites (N-methyl/N-ethyl adjacent to an activating group) is 1. The van der Waals surface area contributed by atoms with Gasteiger partial charge >= 0.3 is 0 Å². The first kappa shape index (κ1) is 11.5. The molecular formula is C8H15NO2S. The van der Waals surface area contributed by atoms with Crippen molar-refractivity contribution in [2.75, 3.05) is 12.8 Å². The number of Topliss-reactive ketones (excluding diaryl/α,β-unsaturated/α-hetero) is 1. The Labute approximate surface area is 78.5 Å². The minimum atomic E-state index is -0.322. The SMILES string of the molecule is CC(=O)C(C)N(C)C(=O)CCS. The molecule has 0 rings (SSSR count). The van der Waals surface area contributed by atoms with Gasteiger partial charge in [-0.05, 0) is 19.6 Å². The standard InChI is InChI=1S/C8H15NO2S/c1-6(7(2)10)9(3)8(11)4-5-12/h6,12H,4-5H2,1-3H3. The van der Waals surface area contributed by atoms with E-state index in [1.54, 1.807) is 14.0 Å². The lowest BCUT2D eigenvalue weighted by atomic mass is 10.2. The van der Waals surface area contributed by atoms with Crippen LogP contribution in [0.5, 0.6) is 0 Å². The molecule has 0 aliphatic rings. The van der Waals surface area contributed by atoms with E-state index in [1.807, 2.05) is 0 Å². The van der Waals surface area contributed by atoms with Crippen LogP contribution in [0.25, 0.3) is 0 Å². The minimum Gasteiger partial charge on any atom is -0.336 e. The number of carbonyl (C=O) groups excluding carboxylic acids is 2. The molecule has 12 heavy (non-hydrogen) atoms. The zero-order valence-corrected chi connectivity index (χ0v) is 8.60. The molecular weight excluding hydrogens is 174 g/mol. The first-order chi connectivity index (χ1) is 5.50. The van der Waals surface area contributed by atoms with Crippen molar-refractivity contribution in [2.45, 2.75) is 26.3 Å². The summed E-state index contributed by atoms with van der Waals surface area (Å²) in [5, 5.41) is 0. The van der Waals surface area contributed by atoms with Gasteiger partial charge in [0.1, 0.15) is 0 Å². The highest BCUT2D eigenvalue weighted by atomic mass is 32.1. The van der Waals surface area contributed by atoms with Gasteiger partial charge < -0.3 is 4.90 Å². The van der Waals surface area contributed by atoms with Crippen molar-refractivity contribution in [3.63, 3.8) is 0 Å². The second kappa shape index (κ2) is 5.19. The van der Waals surface area contributed by atoms with Crippen LogP contribution in [0, 0.1) is 0 Å². The van der Waals surface area contributed by atoms with Crippen molar-refractivity contribution in [2.24, 2.45) is 0 Å². The fraction of sp³-hybridized carbons (Fsp3) is 0.750. The summed E-state index contributed by atoms with van der Waals surface area (Å²) < 4.78 is 0. The van der Waals surface area contributed by atoms with Gasteiger partial charge in [0.2, 0.25) is 5.91 Å². The van der Waals surface area contributed by atoms with Crippen molar-refractivity contribution in [3.8, 4) is 0 Å². The van der Waals surface area contributed by atoms with Gasteiger partial charge in [-0.1, -0.05) is 0 Å². The smallest absolute Gasteiger partial charge is 0.223 e. The van der Waals surface area contributed by atoms with E-state index in [-0.39, 0.29) is 17.7 Å². The molecule has 4 heteroatoms. The second-order valence-electron chi connectivity index (χ2n) is 2.76. The van der Waals surface area contributed by atoms with Gasteiger partial charge in [0.05, 0.1) is 6.04 Å². The predicted molar refractivity (Wildman–Crippen MR) is 51.4 cm³/mol. The van der Waals surface area contributed by atoms with Crippen LogP contribution in [0.1, 0.15) is 20.3 Å². The molecule has 0 aromatic rings. The van der Waals surface area contributed by atoms with E-state index in [2.05, 4.69) is 12.6 Å². The molecule has 0 aromatic carbocycles. The van der Waals surface area contributed by atoms with E-state index < -0.39 is 0 Å². The number of rotatable bonds is 4. The van der Waals surface area contributed by atoms with Crippen LogP contribution in [0.15, 0.2) is 0 Å². The molecule has 0 fully saturated rings. The van der Waals surface area contributed by atoms with E-state index >= 15 is 0 Å². The molecule has 0 saturated carbocycles. The van der Waals surface area contributed by atoms with Crippen LogP contribution < -0.4 is 0 Å². The van der Waals surface area contributed by atoms with Crippen molar-refractivity contribution >= 4 is 24.3 Å². The first-order valence-corrected chi connectivity index (χ1v) is 4.51. The van der Waals surface area contributed by atoms with Crippen LogP contribution in [-0.2, 0) is 9.59 Å². The molecule has 0 aliphatic carbocycles. The Morgan fingerprint density at radius 1 is 1.50 bits per heavy atom. The van der Waals surface area contributed by atoms with Crippen molar-refractivity contribution in [3.05, 3.63) is 0 Å². The summed E-state index contributed by atoms with van der Waals surface area (Å²) in [5.41, 5.74) is 0. The van der Waals surface area contributed by atoms with Gasteiger partial charge in [0.25, 0.3) is 0 Å². The molecule has 0 heterocycles. The van der Waals surface area contributed by atoms with Gasteiger partial charge in [-0.2, -0.15) is 12.6 Å². The summed E-state index contributed by atoms with van der Waals surface area (Å²) in [6.45, 7) is 3.20. The Bertz CT molecular complexity index is 182. The third kappa shape index (κ3) is 3.26. The lowest BCUT2D eigenvalue weighted by molar-refractivity contribution is -0.136. The highest BCUT2D eigenvalue weighted by Gasteiger charge is 2.17. The monoisotopic (exact) mass is 189 g/mol. The summed E-state index contributed by atoms with van der Waals surface area (Å²) in [5.74, 6) is 0.492. The molecule has 1 atom stereocenters. The molecule has 3 nitrogen and oxygen atoms in total. The fourth-order valence-corrected chi connectivity index (χ4v) is 0.952. The summed E-state index contributed by atoms with van der Waals surface area (Å²) in [7, 11) is 1.64. The average molecular weight is 189 g/mol. The van der Waals surface area contributed by atoms with Crippen LogP contribution in [0.4, 0.5) is 0 Å². The molecule has 0 aliphatic heterocycles. The first-order valence-electron chi connectivity index (χ1n) is 3.87. The number of amides is 1. The number of carbonyl (C=O) groups is 2. The van der Waals surface area contributed by atoms with E-state index in [4.69, 9.17) is 0 Å². The highest BCUT2D eigenvalue weighted by Crippen LogP contribution is 2.00. The molecule has 0 aromatic heterocycles. The van der Waals surface area contributed by atoms with Gasteiger partial charge in [0, 0.05) is 13.5 Å². The molecule has 1 amide bonds. The summed E-state index contributed by atoms with van der Waals surface area (Å²) in [6.07, 6.45) is 0.386. The molecule has 0 spiro atoms. The Balaban J connectivity index is 4.09. The van der Waals surface area contributed by atoms with Crippen molar-refractivity contribution in [1.29, 1.82) is 0 Å². The Morgan fingerprint density at radius 3 is 2.33 bits per heavy atom. The molecule has 0 N–H and O–H groups in total. The third-order valence-corrected chi connectivity index (χ3v) is 2.11. The highest BCUT2D eigenvalue weighted by molar-refractivity contribution is 7.80. The fourth-order valence-electron chi connectivity index (χ4n) is 0.761. The third-order valence-electron chi connectivity index (χ3n) is 1.89. The number of hydrogen-bond acceptors (Lipinski definition) is 3. The zero-order valence-electron chi connectivity index (χ0n) is 7.70. The quantitative estimate of drug-likeness (QED) is 0.662. The van der Waals surface area contributed by atoms with Gasteiger partial charge in [-0.15, -0.1) is 0 Å². The number of ketones is 1. The average Bonchev–Trinajstić information content (AvgIpc) is 2.02. The summed E-state index contributed by atoms with van der Waals surface area (Å²) in [4.78, 5) is 23.6. The number of hydrogen-bond donors (Lipinski definition) is 1. The van der Waals surface area contributed by atoms with Crippen molar-refractivity contribution in [1.82, 2.24) is 4.90 Å². The largest absolute Gasteiger partial charge is 0.336 e. The van der Waals surface area contributed by atoms with E-state index in [0.717, 1.165) is 0 Å². The lowest BCUT2D eigenvalue weighted by Gasteiger charge is -2.22. The predicted octanol–water partition coefficient (Wildman–Crippen LogP) is 0.742. The maximum Gasteiger partial charge on any atom is 0.223 e. The molecule has 0 radical (unpaired) electrons. The molecule has 0 bridgehead atoms. The number of nitrogens with zero attached hydrogens (tertiary/aromatic N) is 1. The van der Waals surface area contributed by atoms with E-state index in [9.17, 15) is 9.59 Å². The number of thiol groups is 1. The summed E-state index contributed by atoms with van der Waals surface area (Å²) in [6, 6.07) is -0.322. The van der Waals surface area contributed by atoms with Gasteiger partial charge in [-0.25, -0.2) is 0 Å². The van der Waals surface area contributed by atoms with Crippen molar-refractivity contribution < 1.29 is 9.59 Å². The Hall–Kier alpha value is -0.510. The van der Waals surface area contributed by atoms with Crippen LogP contribution in [0.2, 0.25) is 0 Å². The van der Waals surface area contributed by atoms with E-state index in [0.29, 0.717) is 12.2 Å². The maximum absolute atomic E-state index is 11.2. The maximum atomic E-state index is 11.2. The Morgan fingerprint density at radius 2 is 2.00 bits per heavy atom. The lowest BCUT2D eigenvalue weighted by Crippen LogP contribution is -2.39. The van der Waals surface area contributed by atoms with Gasteiger partial charge in [0.15, 0.2) is 5.78 Å². The molecule has 0 saturated heterocycles. The van der Waals surface area contributed by atoms with Crippen LogP contribution in [-0.4, -0.2) is 35.4 Å². The topological polar surface area (TPSA) is 37.4 Å². The van der Waals surface area contributed by atoms with E-state index in [1.165, 1.54) is 11.8 Å².